The van der Waals surface area contributed by atoms with Gasteiger partial charge in [-0.05, 0) is 32.0 Å². The van der Waals surface area contributed by atoms with E-state index >= 15 is 0 Å². The molecule has 1 N–H and O–H groups in total. The summed E-state index contributed by atoms with van der Waals surface area (Å²) in [5.41, 5.74) is 1.59. The molecule has 2 aromatic rings. The first kappa shape index (κ1) is 13.2. The monoisotopic (exact) mass is 260 g/mol. The third-order valence-electron chi connectivity index (χ3n) is 2.39. The van der Waals surface area contributed by atoms with E-state index in [-0.39, 0.29) is 18.6 Å². The van der Waals surface area contributed by atoms with Gasteiger partial charge in [-0.2, -0.15) is 0 Å². The maximum atomic E-state index is 11.6. The van der Waals surface area contributed by atoms with E-state index in [4.69, 9.17) is 4.74 Å². The molecule has 2 rings (SSSR count). The molecule has 0 unspecified atom stereocenters. The average Bonchev–Trinajstić information content (AvgIpc) is 2.90. The van der Waals surface area contributed by atoms with Crippen LogP contribution < -0.4 is 5.32 Å². The van der Waals surface area contributed by atoms with Crippen molar-refractivity contribution < 1.29 is 9.53 Å². The molecule has 0 fully saturated rings. The van der Waals surface area contributed by atoms with Gasteiger partial charge in [-0.1, -0.05) is 6.07 Å². The molecule has 0 spiro atoms. The minimum atomic E-state index is -0.172. The summed E-state index contributed by atoms with van der Waals surface area (Å²) in [4.78, 5) is 11.6. The molecule has 6 heteroatoms. The fraction of sp³-hybridized carbons (Fsp3) is 0.308. The molecule has 0 aliphatic heterocycles. The molecule has 0 saturated carbocycles. The Morgan fingerprint density at radius 3 is 2.79 bits per heavy atom. The molecular formula is C13H16N4O2. The molecule has 100 valence electrons. The molecule has 1 amide bonds. The SMILES string of the molecule is CC(C)OCC(=O)Nc1cccc(-n2cnnc2)c1. The zero-order chi connectivity index (χ0) is 13.7. The van der Waals surface area contributed by atoms with Gasteiger partial charge in [0, 0.05) is 5.69 Å². The van der Waals surface area contributed by atoms with Crippen LogP contribution in [0.3, 0.4) is 0 Å². The molecule has 1 aromatic heterocycles. The van der Waals surface area contributed by atoms with Gasteiger partial charge >= 0.3 is 0 Å². The van der Waals surface area contributed by atoms with Crippen LogP contribution in [0, 0.1) is 0 Å². The van der Waals surface area contributed by atoms with Crippen molar-refractivity contribution in [3.63, 3.8) is 0 Å². The van der Waals surface area contributed by atoms with Crippen LogP contribution in [0.1, 0.15) is 13.8 Å². The Morgan fingerprint density at radius 2 is 2.11 bits per heavy atom. The predicted octanol–water partition coefficient (Wildman–Crippen LogP) is 1.63. The second kappa shape index (κ2) is 6.10. The average molecular weight is 260 g/mol. The minimum absolute atomic E-state index is 0.0362. The van der Waals surface area contributed by atoms with E-state index in [1.807, 2.05) is 38.1 Å². The fourth-order valence-electron chi connectivity index (χ4n) is 1.52. The summed E-state index contributed by atoms with van der Waals surface area (Å²) in [6, 6.07) is 7.43. The van der Waals surface area contributed by atoms with Gasteiger partial charge in [-0.3, -0.25) is 9.36 Å². The van der Waals surface area contributed by atoms with Crippen molar-refractivity contribution in [3.05, 3.63) is 36.9 Å². The highest BCUT2D eigenvalue weighted by Crippen LogP contribution is 2.13. The largest absolute Gasteiger partial charge is 0.369 e. The smallest absolute Gasteiger partial charge is 0.250 e. The van der Waals surface area contributed by atoms with E-state index in [0.29, 0.717) is 5.69 Å². The number of benzene rings is 1. The van der Waals surface area contributed by atoms with Gasteiger partial charge in [-0.25, -0.2) is 0 Å². The lowest BCUT2D eigenvalue weighted by molar-refractivity contribution is -0.121. The molecule has 6 nitrogen and oxygen atoms in total. The Hall–Kier alpha value is -2.21. The number of aromatic nitrogens is 3. The van der Waals surface area contributed by atoms with Crippen LogP contribution in [-0.4, -0.2) is 33.4 Å². The van der Waals surface area contributed by atoms with Crippen molar-refractivity contribution in [2.75, 3.05) is 11.9 Å². The van der Waals surface area contributed by atoms with Crippen molar-refractivity contribution in [2.24, 2.45) is 0 Å². The number of ether oxygens (including phenoxy) is 1. The number of carbonyl (C=O) groups excluding carboxylic acids is 1. The lowest BCUT2D eigenvalue weighted by Crippen LogP contribution is -2.20. The lowest BCUT2D eigenvalue weighted by Gasteiger charge is -2.09. The second-order valence-corrected chi connectivity index (χ2v) is 4.33. The number of anilines is 1. The Morgan fingerprint density at radius 1 is 1.37 bits per heavy atom. The van der Waals surface area contributed by atoms with Crippen LogP contribution in [0.15, 0.2) is 36.9 Å². The highest BCUT2D eigenvalue weighted by molar-refractivity contribution is 5.91. The number of amides is 1. The normalized spacial score (nSPS) is 10.7. The van der Waals surface area contributed by atoms with Gasteiger partial charge in [0.1, 0.15) is 19.3 Å². The summed E-state index contributed by atoms with van der Waals surface area (Å²) < 4.78 is 7.01. The molecule has 0 bridgehead atoms. The summed E-state index contributed by atoms with van der Waals surface area (Å²) in [5.74, 6) is -0.172. The minimum Gasteiger partial charge on any atom is -0.369 e. The number of carbonyl (C=O) groups is 1. The molecule has 0 aliphatic carbocycles. The second-order valence-electron chi connectivity index (χ2n) is 4.33. The van der Waals surface area contributed by atoms with Crippen LogP contribution in [0.4, 0.5) is 5.69 Å². The van der Waals surface area contributed by atoms with Gasteiger partial charge in [-0.15, -0.1) is 10.2 Å². The molecule has 0 radical (unpaired) electrons. The Balaban J connectivity index is 2.01. The van der Waals surface area contributed by atoms with E-state index in [0.717, 1.165) is 5.69 Å². The van der Waals surface area contributed by atoms with E-state index in [1.54, 1.807) is 17.2 Å². The lowest BCUT2D eigenvalue weighted by atomic mass is 10.2. The standard InChI is InChI=1S/C13H16N4O2/c1-10(2)19-7-13(18)16-11-4-3-5-12(6-11)17-8-14-15-9-17/h3-6,8-10H,7H2,1-2H3,(H,16,18). The van der Waals surface area contributed by atoms with Gasteiger partial charge < -0.3 is 10.1 Å². The van der Waals surface area contributed by atoms with Crippen molar-refractivity contribution in [1.29, 1.82) is 0 Å². The van der Waals surface area contributed by atoms with E-state index in [2.05, 4.69) is 15.5 Å². The van der Waals surface area contributed by atoms with Crippen LogP contribution in [0.2, 0.25) is 0 Å². The first-order valence-corrected chi connectivity index (χ1v) is 6.01. The zero-order valence-corrected chi connectivity index (χ0v) is 10.9. The summed E-state index contributed by atoms with van der Waals surface area (Å²) in [7, 11) is 0. The van der Waals surface area contributed by atoms with E-state index < -0.39 is 0 Å². The van der Waals surface area contributed by atoms with Gasteiger partial charge in [0.2, 0.25) is 5.91 Å². The molecule has 19 heavy (non-hydrogen) atoms. The Bertz CT molecular complexity index is 537. The highest BCUT2D eigenvalue weighted by Gasteiger charge is 2.05. The zero-order valence-electron chi connectivity index (χ0n) is 10.9. The number of rotatable bonds is 5. The topological polar surface area (TPSA) is 69.0 Å². The Labute approximate surface area is 111 Å². The van der Waals surface area contributed by atoms with Crippen molar-refractivity contribution in [2.45, 2.75) is 20.0 Å². The molecular weight excluding hydrogens is 244 g/mol. The first-order chi connectivity index (χ1) is 9.15. The van der Waals surface area contributed by atoms with Gasteiger partial charge in [0.25, 0.3) is 0 Å². The third-order valence-corrected chi connectivity index (χ3v) is 2.39. The van der Waals surface area contributed by atoms with Crippen molar-refractivity contribution >= 4 is 11.6 Å². The van der Waals surface area contributed by atoms with Crippen molar-refractivity contribution in [1.82, 2.24) is 14.8 Å². The molecule has 0 aliphatic rings. The number of nitrogens with one attached hydrogen (secondary N) is 1. The van der Waals surface area contributed by atoms with Crippen molar-refractivity contribution in [3.8, 4) is 5.69 Å². The molecule has 0 saturated heterocycles. The summed E-state index contributed by atoms with van der Waals surface area (Å²) in [6.45, 7) is 3.83. The van der Waals surface area contributed by atoms with Gasteiger partial charge in [0.15, 0.2) is 0 Å². The maximum absolute atomic E-state index is 11.6. The maximum Gasteiger partial charge on any atom is 0.250 e. The number of nitrogens with zero attached hydrogens (tertiary/aromatic N) is 3. The van der Waals surface area contributed by atoms with Crippen LogP contribution in [-0.2, 0) is 9.53 Å². The third kappa shape index (κ3) is 3.89. The highest BCUT2D eigenvalue weighted by atomic mass is 16.5. The van der Waals surface area contributed by atoms with E-state index in [9.17, 15) is 4.79 Å². The predicted molar refractivity (Wildman–Crippen MR) is 71.1 cm³/mol. The molecule has 0 atom stereocenters. The van der Waals surface area contributed by atoms with Crippen LogP contribution in [0.25, 0.3) is 5.69 Å². The molecule has 1 heterocycles. The number of hydrogen-bond donors (Lipinski definition) is 1. The summed E-state index contributed by atoms with van der Waals surface area (Å²) >= 11 is 0. The van der Waals surface area contributed by atoms with Crippen LogP contribution in [0.5, 0.6) is 0 Å². The van der Waals surface area contributed by atoms with Gasteiger partial charge in [0.05, 0.1) is 11.8 Å². The summed E-state index contributed by atoms with van der Waals surface area (Å²) in [5, 5.41) is 10.3. The van der Waals surface area contributed by atoms with Crippen LogP contribution >= 0.6 is 0 Å². The number of hydrogen-bond acceptors (Lipinski definition) is 4. The Kier molecular flexibility index (Phi) is 4.25. The molecule has 1 aromatic carbocycles. The quantitative estimate of drug-likeness (QED) is 0.887. The fourth-order valence-corrected chi connectivity index (χ4v) is 1.52. The first-order valence-electron chi connectivity index (χ1n) is 6.01. The van der Waals surface area contributed by atoms with E-state index in [1.165, 1.54) is 0 Å². The summed E-state index contributed by atoms with van der Waals surface area (Å²) in [6.07, 6.45) is 3.24.